The molecule has 0 radical (unpaired) electrons. The van der Waals surface area contributed by atoms with Crippen molar-refractivity contribution in [2.24, 2.45) is 0 Å². The van der Waals surface area contributed by atoms with Crippen molar-refractivity contribution in [1.29, 1.82) is 0 Å². The second kappa shape index (κ2) is 5.91. The van der Waals surface area contributed by atoms with E-state index in [1.807, 2.05) is 0 Å². The van der Waals surface area contributed by atoms with Crippen LogP contribution in [0.15, 0.2) is 42.9 Å². The Bertz CT molecular complexity index is 524. The number of rotatable bonds is 3. The predicted octanol–water partition coefficient (Wildman–Crippen LogP) is 1.67. The van der Waals surface area contributed by atoms with Crippen molar-refractivity contribution in [1.82, 2.24) is 15.3 Å². The molecule has 1 saturated heterocycles. The van der Waals surface area contributed by atoms with Gasteiger partial charge in [0.2, 0.25) is 0 Å². The van der Waals surface area contributed by atoms with Gasteiger partial charge in [-0.3, -0.25) is 9.97 Å². The van der Waals surface area contributed by atoms with Crippen LogP contribution >= 0.6 is 0 Å². The van der Waals surface area contributed by atoms with E-state index in [1.165, 1.54) is 5.56 Å². The summed E-state index contributed by atoms with van der Waals surface area (Å²) < 4.78 is 5.48. The number of aromatic nitrogens is 2. The molecule has 4 nitrogen and oxygen atoms in total. The second-order valence-electron chi connectivity index (χ2n) is 4.72. The number of hydrogen-bond donors (Lipinski definition) is 1. The Hall–Kier alpha value is -1.78. The molecule has 1 aromatic heterocycles. The highest BCUT2D eigenvalue weighted by Crippen LogP contribution is 2.18. The molecule has 1 N–H and O–H groups in total. The van der Waals surface area contributed by atoms with Gasteiger partial charge < -0.3 is 10.1 Å². The number of nitrogens with one attached hydrogen (secondary N) is 1. The van der Waals surface area contributed by atoms with Crippen LogP contribution in [0.3, 0.4) is 0 Å². The molecule has 1 fully saturated rings. The summed E-state index contributed by atoms with van der Waals surface area (Å²) in [5.74, 6) is 0. The van der Waals surface area contributed by atoms with Gasteiger partial charge in [0.05, 0.1) is 25.1 Å². The van der Waals surface area contributed by atoms with Gasteiger partial charge in [-0.2, -0.15) is 0 Å². The van der Waals surface area contributed by atoms with Crippen LogP contribution in [0.5, 0.6) is 0 Å². The lowest BCUT2D eigenvalue weighted by molar-refractivity contribution is 0.0770. The van der Waals surface area contributed by atoms with Gasteiger partial charge in [-0.1, -0.05) is 18.2 Å². The first-order chi connectivity index (χ1) is 9.42. The monoisotopic (exact) mass is 255 g/mol. The smallest absolute Gasteiger partial charge is 0.0885 e. The zero-order valence-electron chi connectivity index (χ0n) is 10.7. The van der Waals surface area contributed by atoms with Crippen molar-refractivity contribution >= 4 is 0 Å². The molecule has 0 bridgehead atoms. The SMILES string of the molecule is c1cc(C[C@@H]2COCCN2)cc(-c2cnccn2)c1. The Balaban J connectivity index is 1.76. The highest BCUT2D eigenvalue weighted by atomic mass is 16.5. The van der Waals surface area contributed by atoms with E-state index in [-0.39, 0.29) is 0 Å². The predicted molar refractivity (Wildman–Crippen MR) is 73.8 cm³/mol. The molecule has 1 aliphatic heterocycles. The lowest BCUT2D eigenvalue weighted by Gasteiger charge is -2.23. The quantitative estimate of drug-likeness (QED) is 0.906. The largest absolute Gasteiger partial charge is 0.379 e. The molecule has 0 saturated carbocycles. The van der Waals surface area contributed by atoms with Crippen molar-refractivity contribution < 1.29 is 4.74 Å². The van der Waals surface area contributed by atoms with Gasteiger partial charge in [-0.25, -0.2) is 0 Å². The van der Waals surface area contributed by atoms with Crippen LogP contribution in [0.1, 0.15) is 5.56 Å². The average Bonchev–Trinajstić information content (AvgIpc) is 2.49. The summed E-state index contributed by atoms with van der Waals surface area (Å²) in [6, 6.07) is 8.88. The summed E-state index contributed by atoms with van der Waals surface area (Å²) in [4.78, 5) is 8.45. The Morgan fingerprint density at radius 1 is 1.32 bits per heavy atom. The Morgan fingerprint density at radius 2 is 2.32 bits per heavy atom. The first kappa shape index (κ1) is 12.3. The van der Waals surface area contributed by atoms with E-state index in [0.29, 0.717) is 6.04 Å². The van der Waals surface area contributed by atoms with Gasteiger partial charge in [0, 0.05) is 30.5 Å². The van der Waals surface area contributed by atoms with Gasteiger partial charge in [0.1, 0.15) is 0 Å². The number of hydrogen-bond acceptors (Lipinski definition) is 4. The maximum absolute atomic E-state index is 5.48. The summed E-state index contributed by atoms with van der Waals surface area (Å²) in [6.45, 7) is 2.54. The lowest BCUT2D eigenvalue weighted by Crippen LogP contribution is -2.42. The molecule has 3 rings (SSSR count). The number of ether oxygens (including phenoxy) is 1. The second-order valence-corrected chi connectivity index (χ2v) is 4.72. The summed E-state index contributed by atoms with van der Waals surface area (Å²) in [7, 11) is 0. The number of nitrogens with zero attached hydrogens (tertiary/aromatic N) is 2. The Kier molecular flexibility index (Phi) is 3.81. The third-order valence-electron chi connectivity index (χ3n) is 3.27. The van der Waals surface area contributed by atoms with Gasteiger partial charge in [-0.15, -0.1) is 0 Å². The summed E-state index contributed by atoms with van der Waals surface area (Å²) in [5, 5.41) is 3.47. The molecule has 1 atom stereocenters. The minimum atomic E-state index is 0.408. The fourth-order valence-electron chi connectivity index (χ4n) is 2.34. The molecule has 0 aliphatic carbocycles. The fraction of sp³-hybridized carbons (Fsp3) is 0.333. The fourth-order valence-corrected chi connectivity index (χ4v) is 2.34. The molecule has 4 heteroatoms. The van der Waals surface area contributed by atoms with Crippen LogP contribution in [0.4, 0.5) is 0 Å². The molecule has 98 valence electrons. The van der Waals surface area contributed by atoms with Crippen molar-refractivity contribution in [3.8, 4) is 11.3 Å². The molecule has 0 amide bonds. The summed E-state index contributed by atoms with van der Waals surface area (Å²) in [6.07, 6.45) is 6.18. The standard InChI is InChI=1S/C15H17N3O/c1-2-12(9-14-11-19-7-6-17-14)8-13(3-1)15-10-16-4-5-18-15/h1-5,8,10,14,17H,6-7,9,11H2/t14-/m1/s1. The van der Waals surface area contributed by atoms with E-state index in [2.05, 4.69) is 39.6 Å². The molecule has 1 aromatic carbocycles. The van der Waals surface area contributed by atoms with Crippen molar-refractivity contribution in [3.05, 3.63) is 48.4 Å². The lowest BCUT2D eigenvalue weighted by atomic mass is 10.0. The molecule has 0 unspecified atom stereocenters. The third kappa shape index (κ3) is 3.16. The van der Waals surface area contributed by atoms with E-state index >= 15 is 0 Å². The van der Waals surface area contributed by atoms with Crippen LogP contribution < -0.4 is 5.32 Å². The maximum atomic E-state index is 5.48. The first-order valence-corrected chi connectivity index (χ1v) is 6.58. The minimum Gasteiger partial charge on any atom is -0.379 e. The molecule has 1 aliphatic rings. The van der Waals surface area contributed by atoms with E-state index < -0.39 is 0 Å². The topological polar surface area (TPSA) is 47.0 Å². The van der Waals surface area contributed by atoms with E-state index in [0.717, 1.165) is 37.4 Å². The maximum Gasteiger partial charge on any atom is 0.0885 e. The van der Waals surface area contributed by atoms with Crippen LogP contribution in [0, 0.1) is 0 Å². The zero-order valence-corrected chi connectivity index (χ0v) is 10.7. The van der Waals surface area contributed by atoms with Gasteiger partial charge in [0.15, 0.2) is 0 Å². The molecular weight excluding hydrogens is 238 g/mol. The van der Waals surface area contributed by atoms with Gasteiger partial charge in [0.25, 0.3) is 0 Å². The minimum absolute atomic E-state index is 0.408. The zero-order chi connectivity index (χ0) is 12.9. The summed E-state index contributed by atoms with van der Waals surface area (Å²) >= 11 is 0. The number of benzene rings is 1. The van der Waals surface area contributed by atoms with E-state index in [1.54, 1.807) is 18.6 Å². The van der Waals surface area contributed by atoms with Crippen LogP contribution in [0.25, 0.3) is 11.3 Å². The molecule has 0 spiro atoms. The highest BCUT2D eigenvalue weighted by Gasteiger charge is 2.13. The molecule has 2 aromatic rings. The van der Waals surface area contributed by atoms with E-state index in [4.69, 9.17) is 4.74 Å². The van der Waals surface area contributed by atoms with Crippen molar-refractivity contribution in [2.75, 3.05) is 19.8 Å². The molecule has 2 heterocycles. The highest BCUT2D eigenvalue weighted by molar-refractivity contribution is 5.58. The normalized spacial score (nSPS) is 19.3. The van der Waals surface area contributed by atoms with Crippen molar-refractivity contribution in [2.45, 2.75) is 12.5 Å². The Morgan fingerprint density at radius 3 is 3.11 bits per heavy atom. The van der Waals surface area contributed by atoms with Gasteiger partial charge in [-0.05, 0) is 18.1 Å². The Labute approximate surface area is 112 Å². The first-order valence-electron chi connectivity index (χ1n) is 6.58. The van der Waals surface area contributed by atoms with Crippen LogP contribution in [-0.2, 0) is 11.2 Å². The van der Waals surface area contributed by atoms with Crippen LogP contribution in [-0.4, -0.2) is 35.8 Å². The summed E-state index contributed by atoms with van der Waals surface area (Å²) in [5.41, 5.74) is 3.32. The van der Waals surface area contributed by atoms with Crippen molar-refractivity contribution in [3.63, 3.8) is 0 Å². The number of morpholine rings is 1. The molecular formula is C15H17N3O. The van der Waals surface area contributed by atoms with Crippen LogP contribution in [0.2, 0.25) is 0 Å². The molecule has 19 heavy (non-hydrogen) atoms. The third-order valence-corrected chi connectivity index (χ3v) is 3.27. The van der Waals surface area contributed by atoms with E-state index in [9.17, 15) is 0 Å². The average molecular weight is 255 g/mol. The van der Waals surface area contributed by atoms with Gasteiger partial charge >= 0.3 is 0 Å².